The first-order chi connectivity index (χ1) is 27.5. The van der Waals surface area contributed by atoms with Gasteiger partial charge in [-0.15, -0.1) is 0 Å². The van der Waals surface area contributed by atoms with Crippen LogP contribution < -0.4 is 0 Å². The van der Waals surface area contributed by atoms with Crippen molar-refractivity contribution in [2.24, 2.45) is 5.41 Å². The maximum atomic E-state index is 9.53. The molecular formula is C52H46N4. The summed E-state index contributed by atoms with van der Waals surface area (Å²) in [5.74, 6) is 0.380. The predicted molar refractivity (Wildman–Crippen MR) is 236 cm³/mol. The third-order valence-corrected chi connectivity index (χ3v) is 12.8. The van der Waals surface area contributed by atoms with Gasteiger partial charge >= 0.3 is 0 Å². The van der Waals surface area contributed by atoms with Crippen LogP contribution >= 0.6 is 0 Å². The Bertz CT molecular complexity index is 3200. The van der Waals surface area contributed by atoms with Crippen LogP contribution in [0.5, 0.6) is 0 Å². The van der Waals surface area contributed by atoms with Gasteiger partial charge in [-0.1, -0.05) is 101 Å². The molecule has 0 saturated heterocycles. The van der Waals surface area contributed by atoms with E-state index in [9.17, 15) is 1.37 Å². The van der Waals surface area contributed by atoms with Crippen LogP contribution in [-0.4, -0.2) is 18.9 Å². The maximum Gasteiger partial charge on any atom is 0.137 e. The van der Waals surface area contributed by atoms with Gasteiger partial charge in [0.05, 0.1) is 33.3 Å². The zero-order valence-electron chi connectivity index (χ0n) is 33.8. The highest BCUT2D eigenvalue weighted by Gasteiger charge is 2.29. The fourth-order valence-corrected chi connectivity index (χ4v) is 9.63. The number of rotatable bonds is 4. The second kappa shape index (κ2) is 12.0. The summed E-state index contributed by atoms with van der Waals surface area (Å²) >= 11 is 0. The number of para-hydroxylation sites is 1. The Hall–Kier alpha value is -6.00. The van der Waals surface area contributed by atoms with E-state index in [1.807, 2.05) is 18.5 Å². The highest BCUT2D eigenvalue weighted by atomic mass is 15.1. The van der Waals surface area contributed by atoms with Gasteiger partial charge in [-0.2, -0.15) is 0 Å². The van der Waals surface area contributed by atoms with Gasteiger partial charge in [0.1, 0.15) is 5.82 Å². The standard InChI is InChI=1S/C52H46N4/c1-51(2,3)37-17-20-43-42(31-37)38-18-15-35(30-46(38)55(43)47-14-6-7-26-53-47)33-10-8-11-36(28-33)49-48-40-13-9-12-39-41-29-34(32-21-24-52(4,5)25-22-32)16-19-44(41)56(50(39)40)45(48)23-27-54-49/h6-20,23,26-32H,21-22,24-25H2,1-5H3/i32D. The van der Waals surface area contributed by atoms with Crippen LogP contribution in [0.15, 0.2) is 134 Å². The summed E-state index contributed by atoms with van der Waals surface area (Å²) in [6.45, 7) is 11.5. The molecule has 1 aliphatic carbocycles. The van der Waals surface area contributed by atoms with Gasteiger partial charge in [-0.3, -0.25) is 9.55 Å². The summed E-state index contributed by atoms with van der Waals surface area (Å²) in [6, 6.07) is 44.4. The van der Waals surface area contributed by atoms with Crippen molar-refractivity contribution in [1.82, 2.24) is 18.9 Å². The Balaban J connectivity index is 1.05. The molecule has 274 valence electrons. The molecule has 1 saturated carbocycles. The molecular weight excluding hydrogens is 681 g/mol. The quantitative estimate of drug-likeness (QED) is 0.181. The highest BCUT2D eigenvalue weighted by Crippen LogP contribution is 2.46. The third-order valence-electron chi connectivity index (χ3n) is 12.8. The predicted octanol–water partition coefficient (Wildman–Crippen LogP) is 14.0. The van der Waals surface area contributed by atoms with Gasteiger partial charge < -0.3 is 4.40 Å². The molecule has 5 aromatic carbocycles. The fourth-order valence-electron chi connectivity index (χ4n) is 9.63. The molecule has 5 aromatic heterocycles. The number of hydrogen-bond donors (Lipinski definition) is 0. The first kappa shape index (κ1) is 32.3. The summed E-state index contributed by atoms with van der Waals surface area (Å²) in [6.07, 6.45) is 7.83. The van der Waals surface area contributed by atoms with E-state index in [1.54, 1.807) is 0 Å². The smallest absolute Gasteiger partial charge is 0.137 e. The van der Waals surface area contributed by atoms with Crippen LogP contribution in [0.4, 0.5) is 0 Å². The normalized spacial score (nSPS) is 16.2. The first-order valence-electron chi connectivity index (χ1n) is 20.7. The average Bonchev–Trinajstić information content (AvgIpc) is 3.86. The molecule has 0 N–H and O–H groups in total. The second-order valence-electron chi connectivity index (χ2n) is 17.9. The van der Waals surface area contributed by atoms with E-state index in [1.165, 1.54) is 48.9 Å². The highest BCUT2D eigenvalue weighted by molar-refractivity contribution is 6.25. The van der Waals surface area contributed by atoms with Crippen molar-refractivity contribution in [1.29, 1.82) is 0 Å². The van der Waals surface area contributed by atoms with E-state index in [4.69, 9.17) is 9.97 Å². The fraction of sp³-hybridized carbons (Fsp3) is 0.231. The van der Waals surface area contributed by atoms with Crippen LogP contribution in [-0.2, 0) is 5.41 Å². The number of aromatic nitrogens is 4. The minimum atomic E-state index is -0.533. The van der Waals surface area contributed by atoms with Gasteiger partial charge in [0.15, 0.2) is 0 Å². The average molecular weight is 728 g/mol. The Kier molecular flexibility index (Phi) is 6.91. The zero-order chi connectivity index (χ0) is 38.8. The topological polar surface area (TPSA) is 35.1 Å². The molecule has 0 atom stereocenters. The van der Waals surface area contributed by atoms with Gasteiger partial charge in [0.2, 0.25) is 0 Å². The van der Waals surface area contributed by atoms with Crippen molar-refractivity contribution in [2.45, 2.75) is 71.6 Å². The summed E-state index contributed by atoms with van der Waals surface area (Å²) in [4.78, 5) is 9.90. The Labute approximate surface area is 329 Å². The molecule has 0 aliphatic heterocycles. The molecule has 4 nitrogen and oxygen atoms in total. The molecule has 10 aromatic rings. The van der Waals surface area contributed by atoms with Crippen molar-refractivity contribution in [3.05, 3.63) is 145 Å². The lowest BCUT2D eigenvalue weighted by Crippen LogP contribution is -2.20. The summed E-state index contributed by atoms with van der Waals surface area (Å²) in [5, 5.41) is 7.33. The molecule has 0 spiro atoms. The van der Waals surface area contributed by atoms with Crippen LogP contribution in [0.3, 0.4) is 0 Å². The van der Waals surface area contributed by atoms with E-state index in [2.05, 4.69) is 159 Å². The molecule has 0 amide bonds. The Morgan fingerprint density at radius 3 is 2.20 bits per heavy atom. The summed E-state index contributed by atoms with van der Waals surface area (Å²) in [5.41, 5.74) is 13.1. The van der Waals surface area contributed by atoms with Gasteiger partial charge in [-0.25, -0.2) is 4.98 Å². The monoisotopic (exact) mass is 727 g/mol. The zero-order valence-corrected chi connectivity index (χ0v) is 32.8. The number of pyridine rings is 2. The number of fused-ring (bicyclic) bond motifs is 9. The lowest BCUT2D eigenvalue weighted by atomic mass is 9.71. The minimum absolute atomic E-state index is 0.0440. The molecule has 4 heteroatoms. The third kappa shape index (κ3) is 5.04. The van der Waals surface area contributed by atoms with Crippen molar-refractivity contribution in [2.75, 3.05) is 0 Å². The van der Waals surface area contributed by atoms with E-state index in [-0.39, 0.29) is 5.41 Å². The van der Waals surface area contributed by atoms with Crippen LogP contribution in [0.1, 0.15) is 78.7 Å². The van der Waals surface area contributed by atoms with E-state index < -0.39 is 5.89 Å². The molecule has 1 fully saturated rings. The van der Waals surface area contributed by atoms with Gasteiger partial charge in [0.25, 0.3) is 0 Å². The SMILES string of the molecule is [2H]C1(c2ccc3c(c2)c2cccc4c5c(-c6cccc(-c7ccc8c9cc(C(C)(C)C)ccc9n(-c9ccccn9)c8c7)c6)nccc5n3c24)CCC(C)(C)CC1. The van der Waals surface area contributed by atoms with Gasteiger partial charge in [-0.05, 0) is 119 Å². The molecule has 11 rings (SSSR count). The largest absolute Gasteiger partial charge is 0.308 e. The first-order valence-corrected chi connectivity index (χ1v) is 20.2. The van der Waals surface area contributed by atoms with Crippen molar-refractivity contribution in [3.8, 4) is 28.2 Å². The number of hydrogen-bond acceptors (Lipinski definition) is 2. The Morgan fingerprint density at radius 1 is 0.607 bits per heavy atom. The van der Waals surface area contributed by atoms with Crippen LogP contribution in [0, 0.1) is 5.41 Å². The van der Waals surface area contributed by atoms with Gasteiger partial charge in [0, 0.05) is 51.6 Å². The lowest BCUT2D eigenvalue weighted by Gasteiger charge is -2.34. The van der Waals surface area contributed by atoms with Crippen molar-refractivity contribution >= 4 is 59.9 Å². The lowest BCUT2D eigenvalue weighted by molar-refractivity contribution is 0.224. The number of benzene rings is 5. The second-order valence-corrected chi connectivity index (χ2v) is 17.9. The van der Waals surface area contributed by atoms with Crippen molar-refractivity contribution < 1.29 is 1.37 Å². The van der Waals surface area contributed by atoms with Crippen molar-refractivity contribution in [3.63, 3.8) is 0 Å². The number of nitrogens with zero attached hydrogens (tertiary/aromatic N) is 4. The molecule has 0 radical (unpaired) electrons. The van der Waals surface area contributed by atoms with Crippen LogP contribution in [0.25, 0.3) is 88.1 Å². The molecule has 1 aliphatic rings. The summed E-state index contributed by atoms with van der Waals surface area (Å²) in [7, 11) is 0. The maximum absolute atomic E-state index is 9.53. The molecule has 0 unspecified atom stereocenters. The van der Waals surface area contributed by atoms with E-state index in [0.717, 1.165) is 76.0 Å². The van der Waals surface area contributed by atoms with E-state index in [0.29, 0.717) is 5.41 Å². The summed E-state index contributed by atoms with van der Waals surface area (Å²) < 4.78 is 14.3. The molecule has 56 heavy (non-hydrogen) atoms. The van der Waals surface area contributed by atoms with Crippen LogP contribution in [0.2, 0.25) is 0 Å². The minimum Gasteiger partial charge on any atom is -0.308 e. The molecule has 0 bridgehead atoms. The Morgan fingerprint density at radius 2 is 1.38 bits per heavy atom. The van der Waals surface area contributed by atoms with E-state index >= 15 is 0 Å². The molecule has 5 heterocycles.